The summed E-state index contributed by atoms with van der Waals surface area (Å²) < 4.78 is 52.4. The lowest BCUT2D eigenvalue weighted by Crippen LogP contribution is -2.34. The Bertz CT molecular complexity index is 890. The Balaban J connectivity index is 2.16. The van der Waals surface area contributed by atoms with Crippen molar-refractivity contribution in [1.82, 2.24) is 0 Å². The number of nitrogens with one attached hydrogen (secondary N) is 1. The van der Waals surface area contributed by atoms with E-state index >= 15 is 0 Å². The molecule has 0 unspecified atom stereocenters. The summed E-state index contributed by atoms with van der Waals surface area (Å²) in [5, 5.41) is 2.66. The molecule has 0 saturated carbocycles. The van der Waals surface area contributed by atoms with Crippen LogP contribution in [0.1, 0.15) is 17.5 Å². The van der Waals surface area contributed by atoms with Gasteiger partial charge in [-0.1, -0.05) is 12.1 Å². The molecule has 0 aromatic heterocycles. The van der Waals surface area contributed by atoms with Crippen molar-refractivity contribution in [3.05, 3.63) is 59.2 Å². The minimum absolute atomic E-state index is 0.256. The summed E-state index contributed by atoms with van der Waals surface area (Å²) in [5.41, 5.74) is 1.82. The number of hydrogen-bond donors (Lipinski definition) is 1. The molecule has 0 spiro atoms. The highest BCUT2D eigenvalue weighted by Crippen LogP contribution is 2.25. The topological polar surface area (TPSA) is 66.5 Å². The number of halogens is 2. The summed E-state index contributed by atoms with van der Waals surface area (Å²) in [4.78, 5) is 12.1. The lowest BCUT2D eigenvalue weighted by atomic mass is 10.1. The second-order valence-corrected chi connectivity index (χ2v) is 7.99. The Morgan fingerprint density at radius 2 is 1.62 bits per heavy atom. The monoisotopic (exact) mass is 382 g/mol. The van der Waals surface area contributed by atoms with Crippen molar-refractivity contribution < 1.29 is 22.0 Å². The second-order valence-electron chi connectivity index (χ2n) is 6.08. The quantitative estimate of drug-likeness (QED) is 0.833. The van der Waals surface area contributed by atoms with E-state index < -0.39 is 33.3 Å². The zero-order valence-corrected chi connectivity index (χ0v) is 15.5. The molecule has 0 aliphatic rings. The fraction of sp³-hybridized carbons (Fsp3) is 0.278. The Morgan fingerprint density at radius 1 is 1.08 bits per heavy atom. The molecule has 8 heteroatoms. The Kier molecular flexibility index (Phi) is 5.97. The van der Waals surface area contributed by atoms with Crippen molar-refractivity contribution in [1.29, 1.82) is 0 Å². The zero-order valence-electron chi connectivity index (χ0n) is 14.7. The average molecular weight is 382 g/mol. The highest BCUT2D eigenvalue weighted by atomic mass is 32.2. The molecule has 0 bridgehead atoms. The van der Waals surface area contributed by atoms with Gasteiger partial charge in [0, 0.05) is 18.7 Å². The van der Waals surface area contributed by atoms with E-state index in [1.807, 2.05) is 19.9 Å². The molecule has 0 atom stereocenters. The predicted molar refractivity (Wildman–Crippen MR) is 97.7 cm³/mol. The Hall–Kier alpha value is -2.48. The van der Waals surface area contributed by atoms with Gasteiger partial charge in [0.2, 0.25) is 15.9 Å². The van der Waals surface area contributed by atoms with E-state index in [4.69, 9.17) is 0 Å². The van der Waals surface area contributed by atoms with Crippen molar-refractivity contribution in [2.75, 3.05) is 22.4 Å². The van der Waals surface area contributed by atoms with Gasteiger partial charge in [-0.05, 0) is 49.2 Å². The SMILES string of the molecule is Cc1cc(C)cc(NC(=O)CCN(c2c(F)cccc2F)S(C)(=O)=O)c1. The molecule has 140 valence electrons. The zero-order chi connectivity index (χ0) is 19.5. The van der Waals surface area contributed by atoms with Crippen LogP contribution in [0.15, 0.2) is 36.4 Å². The van der Waals surface area contributed by atoms with E-state index in [-0.39, 0.29) is 13.0 Å². The molecule has 5 nitrogen and oxygen atoms in total. The molecule has 2 rings (SSSR count). The third-order valence-electron chi connectivity index (χ3n) is 3.63. The maximum absolute atomic E-state index is 13.9. The van der Waals surface area contributed by atoms with E-state index in [0.29, 0.717) is 9.99 Å². The van der Waals surface area contributed by atoms with E-state index in [1.165, 1.54) is 0 Å². The number of carbonyl (C=O) groups excluding carboxylic acids is 1. The summed E-state index contributed by atoms with van der Waals surface area (Å²) in [5.74, 6) is -2.48. The van der Waals surface area contributed by atoms with E-state index in [2.05, 4.69) is 5.32 Å². The summed E-state index contributed by atoms with van der Waals surface area (Å²) >= 11 is 0. The van der Waals surface area contributed by atoms with E-state index in [9.17, 15) is 22.0 Å². The number of rotatable bonds is 6. The molecule has 0 saturated heterocycles. The van der Waals surface area contributed by atoms with Gasteiger partial charge in [0.15, 0.2) is 11.6 Å². The first-order chi connectivity index (χ1) is 12.1. The van der Waals surface area contributed by atoms with Crippen LogP contribution in [0, 0.1) is 25.5 Å². The van der Waals surface area contributed by atoms with Crippen molar-refractivity contribution in [2.45, 2.75) is 20.3 Å². The number of para-hydroxylation sites is 1. The lowest BCUT2D eigenvalue weighted by molar-refractivity contribution is -0.116. The molecule has 1 amide bonds. The third-order valence-corrected chi connectivity index (χ3v) is 4.80. The molecule has 2 aromatic rings. The van der Waals surface area contributed by atoms with Gasteiger partial charge in [-0.2, -0.15) is 0 Å². The number of benzene rings is 2. The van der Waals surface area contributed by atoms with Crippen LogP contribution in [-0.2, 0) is 14.8 Å². The molecule has 2 aromatic carbocycles. The summed E-state index contributed by atoms with van der Waals surface area (Å²) in [6.45, 7) is 3.39. The molecule has 0 aliphatic carbocycles. The first-order valence-corrected chi connectivity index (χ1v) is 9.72. The predicted octanol–water partition coefficient (Wildman–Crippen LogP) is 3.38. The average Bonchev–Trinajstić information content (AvgIpc) is 2.47. The number of aryl methyl sites for hydroxylation is 2. The maximum Gasteiger partial charge on any atom is 0.232 e. The fourth-order valence-electron chi connectivity index (χ4n) is 2.64. The van der Waals surface area contributed by atoms with Gasteiger partial charge in [0.05, 0.1) is 6.26 Å². The van der Waals surface area contributed by atoms with Gasteiger partial charge in [-0.15, -0.1) is 0 Å². The lowest BCUT2D eigenvalue weighted by Gasteiger charge is -2.23. The Morgan fingerprint density at radius 3 is 2.12 bits per heavy atom. The van der Waals surface area contributed by atoms with Crippen LogP contribution in [0.4, 0.5) is 20.2 Å². The van der Waals surface area contributed by atoms with Crippen molar-refractivity contribution in [3.8, 4) is 0 Å². The van der Waals surface area contributed by atoms with Crippen LogP contribution >= 0.6 is 0 Å². The molecule has 26 heavy (non-hydrogen) atoms. The van der Waals surface area contributed by atoms with Crippen LogP contribution < -0.4 is 9.62 Å². The van der Waals surface area contributed by atoms with Crippen LogP contribution in [0.25, 0.3) is 0 Å². The minimum atomic E-state index is -3.97. The maximum atomic E-state index is 13.9. The van der Waals surface area contributed by atoms with E-state index in [0.717, 1.165) is 35.6 Å². The van der Waals surface area contributed by atoms with Crippen molar-refractivity contribution >= 4 is 27.3 Å². The number of sulfonamides is 1. The minimum Gasteiger partial charge on any atom is -0.326 e. The van der Waals surface area contributed by atoms with Crippen molar-refractivity contribution in [2.24, 2.45) is 0 Å². The van der Waals surface area contributed by atoms with Crippen LogP contribution in [0.5, 0.6) is 0 Å². The summed E-state index contributed by atoms with van der Waals surface area (Å²) in [7, 11) is -3.97. The highest BCUT2D eigenvalue weighted by Gasteiger charge is 2.25. The molecule has 0 heterocycles. The van der Waals surface area contributed by atoms with Crippen LogP contribution in [0.2, 0.25) is 0 Å². The first kappa shape index (κ1) is 19.8. The van der Waals surface area contributed by atoms with E-state index in [1.54, 1.807) is 12.1 Å². The summed E-state index contributed by atoms with van der Waals surface area (Å²) in [6, 6.07) is 8.56. The molecule has 0 aliphatic heterocycles. The van der Waals surface area contributed by atoms with Gasteiger partial charge >= 0.3 is 0 Å². The number of nitrogens with zero attached hydrogens (tertiary/aromatic N) is 1. The molecular formula is C18H20F2N2O3S. The second kappa shape index (κ2) is 7.82. The number of anilines is 2. The molecule has 0 fully saturated rings. The van der Waals surface area contributed by atoms with Gasteiger partial charge in [0.25, 0.3) is 0 Å². The Labute approximate surface area is 151 Å². The van der Waals surface area contributed by atoms with Crippen LogP contribution in [0.3, 0.4) is 0 Å². The molecule has 0 radical (unpaired) electrons. The highest BCUT2D eigenvalue weighted by molar-refractivity contribution is 7.92. The smallest absolute Gasteiger partial charge is 0.232 e. The number of carbonyl (C=O) groups is 1. The number of hydrogen-bond acceptors (Lipinski definition) is 3. The largest absolute Gasteiger partial charge is 0.326 e. The first-order valence-electron chi connectivity index (χ1n) is 7.88. The van der Waals surface area contributed by atoms with Gasteiger partial charge in [-0.3, -0.25) is 9.10 Å². The molecule has 1 N–H and O–H groups in total. The van der Waals surface area contributed by atoms with Gasteiger partial charge in [-0.25, -0.2) is 17.2 Å². The standard InChI is InChI=1S/C18H20F2N2O3S/c1-12-9-13(2)11-14(10-12)21-17(23)7-8-22(26(3,24)25)18-15(19)5-4-6-16(18)20/h4-6,9-11H,7-8H2,1-3H3,(H,21,23). The van der Waals surface area contributed by atoms with Gasteiger partial charge in [0.1, 0.15) is 5.69 Å². The number of amides is 1. The normalized spacial score (nSPS) is 11.3. The third kappa shape index (κ3) is 5.01. The van der Waals surface area contributed by atoms with Crippen LogP contribution in [-0.4, -0.2) is 27.1 Å². The molecular weight excluding hydrogens is 362 g/mol. The fourth-order valence-corrected chi connectivity index (χ4v) is 3.57. The van der Waals surface area contributed by atoms with Crippen molar-refractivity contribution in [3.63, 3.8) is 0 Å². The summed E-state index contributed by atoms with van der Waals surface area (Å²) in [6.07, 6.45) is 0.578. The van der Waals surface area contributed by atoms with Gasteiger partial charge < -0.3 is 5.32 Å².